The minimum atomic E-state index is -4.55. The molecule has 2 saturated carbocycles. The van der Waals surface area contributed by atoms with Gasteiger partial charge in [0.05, 0.1) is 18.6 Å². The first-order valence-electron chi connectivity index (χ1n) is 11.0. The molecule has 33 heavy (non-hydrogen) atoms. The number of alkyl halides is 5. The molecule has 0 bridgehead atoms. The highest BCUT2D eigenvalue weighted by atomic mass is 19.4. The van der Waals surface area contributed by atoms with Gasteiger partial charge >= 0.3 is 12.2 Å². The molecule has 7 nitrogen and oxygen atoms in total. The fourth-order valence-electron chi connectivity index (χ4n) is 4.65. The minimum Gasteiger partial charge on any atom is -0.324 e. The minimum absolute atomic E-state index is 0.0137. The molecule has 182 valence electrons. The molecule has 4 N–H and O–H groups in total. The number of rotatable bonds is 6. The van der Waals surface area contributed by atoms with Gasteiger partial charge in [0.2, 0.25) is 11.8 Å². The number of urea groups is 1. The molecule has 3 aliphatic rings. The number of hydrogen-bond donors (Lipinski definition) is 3. The van der Waals surface area contributed by atoms with Gasteiger partial charge in [-0.05, 0) is 55.2 Å². The number of carbonyl (C=O) groups is 2. The summed E-state index contributed by atoms with van der Waals surface area (Å²) in [7, 11) is 0. The first kappa shape index (κ1) is 23.7. The zero-order chi connectivity index (χ0) is 24.0. The number of halogens is 5. The Balaban J connectivity index is 1.45. The van der Waals surface area contributed by atoms with Gasteiger partial charge in [-0.25, -0.2) is 18.6 Å². The largest absolute Gasteiger partial charge is 0.410 e. The Labute approximate surface area is 187 Å². The van der Waals surface area contributed by atoms with E-state index in [1.165, 1.54) is 17.2 Å². The van der Waals surface area contributed by atoms with Crippen molar-refractivity contribution in [2.24, 2.45) is 17.6 Å². The van der Waals surface area contributed by atoms with Crippen molar-refractivity contribution in [3.05, 3.63) is 23.9 Å². The zero-order valence-electron chi connectivity index (χ0n) is 17.7. The molecule has 4 rings (SSSR count). The standard InChI is InChI=1S/C21H26F5N5O2/c22-20(23)6-3-11(4-7-20)16(27)18(32)30-15-9-13(5-8-28-15)17(12-1-2-12)31-10-14(21(24,25)26)29-19(31)33/h5,8-9,11-12,14,16-17H,1-4,6-7,10,27H2,(H,29,33)(H,28,30,32)/t14-,16-,17+/m0/s1. The number of carbonyl (C=O) groups excluding carboxylic acids is 2. The van der Waals surface area contributed by atoms with Crippen molar-refractivity contribution in [2.75, 3.05) is 11.9 Å². The summed E-state index contributed by atoms with van der Waals surface area (Å²) in [4.78, 5) is 30.2. The summed E-state index contributed by atoms with van der Waals surface area (Å²) in [5, 5.41) is 4.57. The first-order chi connectivity index (χ1) is 15.4. The Morgan fingerprint density at radius 1 is 1.21 bits per heavy atom. The van der Waals surface area contributed by atoms with Crippen LogP contribution in [0.15, 0.2) is 18.3 Å². The molecule has 2 aliphatic carbocycles. The predicted octanol–water partition coefficient (Wildman–Crippen LogP) is 3.58. The summed E-state index contributed by atoms with van der Waals surface area (Å²) in [5.74, 6) is -3.51. The van der Waals surface area contributed by atoms with E-state index in [2.05, 4.69) is 10.3 Å². The van der Waals surface area contributed by atoms with Gasteiger partial charge in [0.1, 0.15) is 11.9 Å². The molecule has 1 saturated heterocycles. The van der Waals surface area contributed by atoms with Gasteiger partial charge in [0.15, 0.2) is 0 Å². The molecule has 0 spiro atoms. The average molecular weight is 475 g/mol. The van der Waals surface area contributed by atoms with E-state index < -0.39 is 48.7 Å². The number of hydrogen-bond acceptors (Lipinski definition) is 4. The Morgan fingerprint density at radius 2 is 1.88 bits per heavy atom. The van der Waals surface area contributed by atoms with E-state index >= 15 is 0 Å². The normalized spacial score (nSPS) is 25.5. The molecule has 1 aromatic rings. The molecular formula is C21H26F5N5O2. The van der Waals surface area contributed by atoms with Crippen molar-refractivity contribution in [3.63, 3.8) is 0 Å². The SMILES string of the molecule is N[C@H](C(=O)Nc1cc([C@@H](C2CC2)N2C[C@@H](C(F)(F)F)NC2=O)ccn1)C1CCC(F)(F)CC1. The van der Waals surface area contributed by atoms with Gasteiger partial charge in [0.25, 0.3) is 0 Å². The van der Waals surface area contributed by atoms with E-state index in [1.54, 1.807) is 6.07 Å². The lowest BCUT2D eigenvalue weighted by Gasteiger charge is -2.31. The topological polar surface area (TPSA) is 100 Å². The van der Waals surface area contributed by atoms with Crippen LogP contribution < -0.4 is 16.4 Å². The van der Waals surface area contributed by atoms with Crippen LogP contribution >= 0.6 is 0 Å². The zero-order valence-corrected chi connectivity index (χ0v) is 17.7. The molecule has 0 radical (unpaired) electrons. The summed E-state index contributed by atoms with van der Waals surface area (Å²) < 4.78 is 66.1. The van der Waals surface area contributed by atoms with E-state index in [0.29, 0.717) is 5.56 Å². The summed E-state index contributed by atoms with van der Waals surface area (Å²) in [6.45, 7) is -0.495. The third kappa shape index (κ3) is 5.36. The second-order valence-corrected chi connectivity index (χ2v) is 9.16. The molecule has 3 atom stereocenters. The van der Waals surface area contributed by atoms with Crippen molar-refractivity contribution in [3.8, 4) is 0 Å². The lowest BCUT2D eigenvalue weighted by Crippen LogP contribution is -2.44. The molecule has 1 aromatic heterocycles. The number of anilines is 1. The Morgan fingerprint density at radius 3 is 2.45 bits per heavy atom. The Hall–Kier alpha value is -2.50. The van der Waals surface area contributed by atoms with Crippen molar-refractivity contribution < 1.29 is 31.5 Å². The van der Waals surface area contributed by atoms with Crippen LogP contribution in [0.25, 0.3) is 0 Å². The summed E-state index contributed by atoms with van der Waals surface area (Å²) in [6, 6.07) is -1.15. The molecule has 0 unspecified atom stereocenters. The molecular weight excluding hydrogens is 449 g/mol. The second kappa shape index (κ2) is 8.69. The lowest BCUT2D eigenvalue weighted by molar-refractivity contribution is -0.150. The molecule has 2 heterocycles. The fraction of sp³-hybridized carbons (Fsp3) is 0.667. The van der Waals surface area contributed by atoms with Crippen molar-refractivity contribution in [1.82, 2.24) is 15.2 Å². The first-order valence-corrected chi connectivity index (χ1v) is 11.0. The van der Waals surface area contributed by atoms with Crippen molar-refractivity contribution >= 4 is 17.8 Å². The summed E-state index contributed by atoms with van der Waals surface area (Å²) >= 11 is 0. The number of aromatic nitrogens is 1. The van der Waals surface area contributed by atoms with Gasteiger partial charge in [-0.2, -0.15) is 13.2 Å². The number of nitrogens with one attached hydrogen (secondary N) is 2. The van der Waals surface area contributed by atoms with Crippen LogP contribution in [0.5, 0.6) is 0 Å². The highest BCUT2D eigenvalue weighted by molar-refractivity contribution is 5.94. The number of pyridine rings is 1. The van der Waals surface area contributed by atoms with Crippen LogP contribution in [-0.4, -0.2) is 52.5 Å². The summed E-state index contributed by atoms with van der Waals surface area (Å²) in [6.07, 6.45) is -1.94. The van der Waals surface area contributed by atoms with Crippen LogP contribution in [-0.2, 0) is 4.79 Å². The van der Waals surface area contributed by atoms with E-state index in [0.717, 1.165) is 12.8 Å². The van der Waals surface area contributed by atoms with Crippen LogP contribution in [0.1, 0.15) is 50.1 Å². The van der Waals surface area contributed by atoms with Gasteiger partial charge in [0, 0.05) is 19.0 Å². The van der Waals surface area contributed by atoms with Gasteiger partial charge in [-0.15, -0.1) is 0 Å². The van der Waals surface area contributed by atoms with Crippen LogP contribution in [0, 0.1) is 11.8 Å². The number of nitrogens with two attached hydrogens (primary N) is 1. The van der Waals surface area contributed by atoms with Gasteiger partial charge < -0.3 is 21.3 Å². The fourth-order valence-corrected chi connectivity index (χ4v) is 4.65. The molecule has 0 aromatic carbocycles. The maximum absolute atomic E-state index is 13.4. The molecule has 3 amide bonds. The highest BCUT2D eigenvalue weighted by Gasteiger charge is 2.51. The lowest BCUT2D eigenvalue weighted by atomic mass is 9.82. The van der Waals surface area contributed by atoms with Gasteiger partial charge in [-0.1, -0.05) is 0 Å². The van der Waals surface area contributed by atoms with E-state index in [9.17, 15) is 31.5 Å². The Kier molecular flexibility index (Phi) is 6.23. The maximum atomic E-state index is 13.4. The molecule has 3 fully saturated rings. The van der Waals surface area contributed by atoms with Crippen molar-refractivity contribution in [2.45, 2.75) is 68.7 Å². The van der Waals surface area contributed by atoms with Crippen LogP contribution in [0.2, 0.25) is 0 Å². The molecule has 12 heteroatoms. The van der Waals surface area contributed by atoms with E-state index in [1.807, 2.05) is 5.32 Å². The average Bonchev–Trinajstić information content (AvgIpc) is 3.49. The second-order valence-electron chi connectivity index (χ2n) is 9.16. The number of amides is 3. The molecule has 1 aliphatic heterocycles. The van der Waals surface area contributed by atoms with E-state index in [-0.39, 0.29) is 43.3 Å². The third-order valence-corrected chi connectivity index (χ3v) is 6.69. The Bertz CT molecular complexity index is 897. The monoisotopic (exact) mass is 475 g/mol. The predicted molar refractivity (Wildman–Crippen MR) is 108 cm³/mol. The van der Waals surface area contributed by atoms with Crippen LogP contribution in [0.4, 0.5) is 32.6 Å². The van der Waals surface area contributed by atoms with E-state index in [4.69, 9.17) is 5.73 Å². The number of nitrogens with zero attached hydrogens (tertiary/aromatic N) is 2. The van der Waals surface area contributed by atoms with Crippen LogP contribution in [0.3, 0.4) is 0 Å². The third-order valence-electron chi connectivity index (χ3n) is 6.69. The highest BCUT2D eigenvalue weighted by Crippen LogP contribution is 2.46. The van der Waals surface area contributed by atoms with Gasteiger partial charge in [-0.3, -0.25) is 4.79 Å². The quantitative estimate of drug-likeness (QED) is 0.548. The summed E-state index contributed by atoms with van der Waals surface area (Å²) in [5.41, 5.74) is 6.57. The maximum Gasteiger partial charge on any atom is 0.410 e. The van der Waals surface area contributed by atoms with Crippen molar-refractivity contribution in [1.29, 1.82) is 0 Å². The smallest absolute Gasteiger partial charge is 0.324 e.